The van der Waals surface area contributed by atoms with Crippen molar-refractivity contribution in [2.45, 2.75) is 25.9 Å². The van der Waals surface area contributed by atoms with Crippen LogP contribution < -0.4 is 0 Å². The zero-order valence-corrected chi connectivity index (χ0v) is 10.4. The lowest BCUT2D eigenvalue weighted by Crippen LogP contribution is -2.11. The van der Waals surface area contributed by atoms with Crippen LogP contribution in [0.25, 0.3) is 0 Å². The van der Waals surface area contributed by atoms with Crippen LogP contribution in [0.5, 0.6) is 0 Å². The molecule has 0 aliphatic heterocycles. The van der Waals surface area contributed by atoms with E-state index >= 15 is 0 Å². The van der Waals surface area contributed by atoms with Crippen molar-refractivity contribution in [1.29, 1.82) is 0 Å². The summed E-state index contributed by atoms with van der Waals surface area (Å²) in [4.78, 5) is 0. The van der Waals surface area contributed by atoms with Gasteiger partial charge >= 0.3 is 0 Å². The van der Waals surface area contributed by atoms with Gasteiger partial charge in [-0.05, 0) is 19.8 Å². The summed E-state index contributed by atoms with van der Waals surface area (Å²) in [5.74, 6) is 1.06. The van der Waals surface area contributed by atoms with Gasteiger partial charge in [-0.15, -0.1) is 23.2 Å². The normalized spacial score (nSPS) is 14.1. The van der Waals surface area contributed by atoms with Gasteiger partial charge < -0.3 is 4.74 Å². The quantitative estimate of drug-likeness (QED) is 0.484. The third-order valence-corrected chi connectivity index (χ3v) is 2.60. The molecule has 3 heteroatoms. The van der Waals surface area contributed by atoms with Crippen molar-refractivity contribution in [3.05, 3.63) is 23.8 Å². The number of methoxy groups -OCH3 is 1. The molecule has 0 aromatic rings. The van der Waals surface area contributed by atoms with E-state index in [-0.39, 0.29) is 6.10 Å². The highest BCUT2D eigenvalue weighted by Gasteiger charge is 2.08. The van der Waals surface area contributed by atoms with Crippen molar-refractivity contribution in [1.82, 2.24) is 0 Å². The lowest BCUT2D eigenvalue weighted by atomic mass is 10.0. The Hall–Kier alpha value is 0.0200. The van der Waals surface area contributed by atoms with Crippen LogP contribution in [0.2, 0.25) is 0 Å². The van der Waals surface area contributed by atoms with E-state index in [9.17, 15) is 0 Å². The van der Waals surface area contributed by atoms with Crippen LogP contribution in [-0.2, 0) is 4.74 Å². The fourth-order valence-electron chi connectivity index (χ4n) is 1.21. The average molecular weight is 237 g/mol. The summed E-state index contributed by atoms with van der Waals surface area (Å²) in [7, 11) is 1.70. The number of alkyl halides is 2. The van der Waals surface area contributed by atoms with Crippen LogP contribution in [0.3, 0.4) is 0 Å². The summed E-state index contributed by atoms with van der Waals surface area (Å²) in [5.41, 5.74) is 2.22. The largest absolute Gasteiger partial charge is 0.377 e. The topological polar surface area (TPSA) is 9.23 Å². The Bertz CT molecular complexity index is 199. The summed E-state index contributed by atoms with van der Waals surface area (Å²) in [5, 5.41) is 0. The first-order valence-corrected chi connectivity index (χ1v) is 5.70. The van der Waals surface area contributed by atoms with E-state index in [1.807, 2.05) is 13.0 Å². The van der Waals surface area contributed by atoms with E-state index in [0.29, 0.717) is 11.8 Å². The van der Waals surface area contributed by atoms with Gasteiger partial charge in [-0.1, -0.05) is 23.8 Å². The SMILES string of the molecule is C=C(C)[C@@H](CC/C(=C/CCl)CCl)OC. The molecule has 0 bridgehead atoms. The summed E-state index contributed by atoms with van der Waals surface area (Å²) >= 11 is 11.4. The molecular formula is C11H18Cl2O. The molecule has 0 aliphatic carbocycles. The molecule has 0 saturated heterocycles. The monoisotopic (exact) mass is 236 g/mol. The number of halogens is 2. The van der Waals surface area contributed by atoms with Gasteiger partial charge in [-0.3, -0.25) is 0 Å². The Morgan fingerprint density at radius 3 is 2.50 bits per heavy atom. The van der Waals surface area contributed by atoms with E-state index in [0.717, 1.165) is 18.4 Å². The van der Waals surface area contributed by atoms with Gasteiger partial charge in [0.15, 0.2) is 0 Å². The first-order chi connectivity index (χ1) is 6.65. The molecular weight excluding hydrogens is 219 g/mol. The summed E-state index contributed by atoms with van der Waals surface area (Å²) in [6.07, 6.45) is 3.92. The maximum Gasteiger partial charge on any atom is 0.0779 e. The maximum absolute atomic E-state index is 5.76. The van der Waals surface area contributed by atoms with Crippen molar-refractivity contribution in [2.24, 2.45) is 0 Å². The zero-order valence-electron chi connectivity index (χ0n) is 8.85. The maximum atomic E-state index is 5.76. The second kappa shape index (κ2) is 8.34. The van der Waals surface area contributed by atoms with Gasteiger partial charge in [-0.2, -0.15) is 0 Å². The number of hydrogen-bond acceptors (Lipinski definition) is 1. The molecule has 0 radical (unpaired) electrons. The summed E-state index contributed by atoms with van der Waals surface area (Å²) in [6, 6.07) is 0. The molecule has 0 saturated carbocycles. The second-order valence-electron chi connectivity index (χ2n) is 3.26. The van der Waals surface area contributed by atoms with Gasteiger partial charge in [0.2, 0.25) is 0 Å². The minimum Gasteiger partial charge on any atom is -0.377 e. The Balaban J connectivity index is 4.00. The van der Waals surface area contributed by atoms with Crippen molar-refractivity contribution >= 4 is 23.2 Å². The number of rotatable bonds is 7. The molecule has 0 heterocycles. The molecule has 82 valence electrons. The Kier molecular flexibility index (Phi) is 8.35. The predicted molar refractivity (Wildman–Crippen MR) is 64.4 cm³/mol. The molecule has 0 spiro atoms. The van der Waals surface area contributed by atoms with Crippen molar-refractivity contribution < 1.29 is 4.74 Å². The molecule has 0 N–H and O–H groups in total. The predicted octanol–water partition coefficient (Wildman–Crippen LogP) is 3.76. The van der Waals surface area contributed by atoms with Gasteiger partial charge in [0.25, 0.3) is 0 Å². The van der Waals surface area contributed by atoms with Crippen LogP contribution in [-0.4, -0.2) is 25.0 Å². The first kappa shape index (κ1) is 14.0. The minimum absolute atomic E-state index is 0.122. The van der Waals surface area contributed by atoms with E-state index in [1.165, 1.54) is 5.57 Å². The molecule has 0 fully saturated rings. The lowest BCUT2D eigenvalue weighted by Gasteiger charge is -2.15. The van der Waals surface area contributed by atoms with Gasteiger partial charge in [0.1, 0.15) is 0 Å². The third-order valence-electron chi connectivity index (χ3n) is 2.10. The zero-order chi connectivity index (χ0) is 11.0. The van der Waals surface area contributed by atoms with Crippen molar-refractivity contribution in [3.8, 4) is 0 Å². The molecule has 0 aromatic heterocycles. The highest BCUT2D eigenvalue weighted by molar-refractivity contribution is 6.20. The summed E-state index contributed by atoms with van der Waals surface area (Å²) < 4.78 is 5.28. The molecule has 0 aliphatic rings. The Labute approximate surface area is 96.7 Å². The van der Waals surface area contributed by atoms with Gasteiger partial charge in [0.05, 0.1) is 6.10 Å². The highest BCUT2D eigenvalue weighted by Crippen LogP contribution is 2.15. The first-order valence-electron chi connectivity index (χ1n) is 4.63. The lowest BCUT2D eigenvalue weighted by molar-refractivity contribution is 0.125. The summed E-state index contributed by atoms with van der Waals surface area (Å²) in [6.45, 7) is 5.84. The van der Waals surface area contributed by atoms with Gasteiger partial charge in [-0.25, -0.2) is 0 Å². The molecule has 1 nitrogen and oxygen atoms in total. The third kappa shape index (κ3) is 5.69. The number of ether oxygens (including phenoxy) is 1. The number of allylic oxidation sites excluding steroid dienone is 2. The Morgan fingerprint density at radius 1 is 1.50 bits per heavy atom. The smallest absolute Gasteiger partial charge is 0.0779 e. The second-order valence-corrected chi connectivity index (χ2v) is 3.84. The highest BCUT2D eigenvalue weighted by atomic mass is 35.5. The van der Waals surface area contributed by atoms with Crippen LogP contribution in [0, 0.1) is 0 Å². The van der Waals surface area contributed by atoms with Gasteiger partial charge in [0, 0.05) is 18.9 Å². The van der Waals surface area contributed by atoms with Crippen LogP contribution in [0.15, 0.2) is 23.8 Å². The standard InChI is InChI=1S/C11H18Cl2O/c1-9(2)11(14-3)5-4-10(8-13)6-7-12/h6,11H,1,4-5,7-8H2,2-3H3/b10-6-/t11-/m1/s1. The average Bonchev–Trinajstić information content (AvgIpc) is 2.16. The minimum atomic E-state index is 0.122. The molecule has 0 rings (SSSR count). The fourth-order valence-corrected chi connectivity index (χ4v) is 1.68. The molecule has 0 unspecified atom stereocenters. The Morgan fingerprint density at radius 2 is 2.14 bits per heavy atom. The van der Waals surface area contributed by atoms with E-state index in [2.05, 4.69) is 6.58 Å². The van der Waals surface area contributed by atoms with Crippen molar-refractivity contribution in [2.75, 3.05) is 18.9 Å². The molecule has 0 aromatic carbocycles. The van der Waals surface area contributed by atoms with E-state index in [1.54, 1.807) is 7.11 Å². The van der Waals surface area contributed by atoms with E-state index < -0.39 is 0 Å². The van der Waals surface area contributed by atoms with Crippen molar-refractivity contribution in [3.63, 3.8) is 0 Å². The fraction of sp³-hybridized carbons (Fsp3) is 0.636. The van der Waals surface area contributed by atoms with Crippen LogP contribution in [0.4, 0.5) is 0 Å². The molecule has 0 amide bonds. The van der Waals surface area contributed by atoms with Crippen LogP contribution >= 0.6 is 23.2 Å². The molecule has 14 heavy (non-hydrogen) atoms. The van der Waals surface area contributed by atoms with Crippen LogP contribution in [0.1, 0.15) is 19.8 Å². The molecule has 1 atom stereocenters. The van der Waals surface area contributed by atoms with E-state index in [4.69, 9.17) is 27.9 Å². The number of hydrogen-bond donors (Lipinski definition) is 0.